The molecule has 0 radical (unpaired) electrons. The molecule has 1 aliphatic carbocycles. The van der Waals surface area contributed by atoms with Crippen LogP contribution >= 0.6 is 0 Å². The molecule has 0 N–H and O–H groups in total. The zero-order valence-electron chi connectivity index (χ0n) is 13.7. The van der Waals surface area contributed by atoms with Gasteiger partial charge in [0.25, 0.3) is 0 Å². The van der Waals surface area contributed by atoms with Crippen LogP contribution in [0.2, 0.25) is 0 Å². The SMILES string of the molecule is CCCCc1ccc([C@H]2CC[C@H](CCCC)CC2=O)cc1. The van der Waals surface area contributed by atoms with E-state index in [0.717, 1.165) is 19.3 Å². The van der Waals surface area contributed by atoms with Crippen molar-refractivity contribution in [2.45, 2.75) is 77.6 Å². The van der Waals surface area contributed by atoms with E-state index in [1.807, 2.05) is 0 Å². The second-order valence-electron chi connectivity index (χ2n) is 6.65. The lowest BCUT2D eigenvalue weighted by atomic mass is 9.76. The molecule has 2 rings (SSSR count). The first kappa shape index (κ1) is 16.3. The van der Waals surface area contributed by atoms with Crippen LogP contribution in [-0.4, -0.2) is 5.78 Å². The van der Waals surface area contributed by atoms with Crippen molar-refractivity contribution < 1.29 is 4.79 Å². The summed E-state index contributed by atoms with van der Waals surface area (Å²) in [5.74, 6) is 1.30. The topological polar surface area (TPSA) is 17.1 Å². The molecule has 1 aromatic carbocycles. The summed E-state index contributed by atoms with van der Waals surface area (Å²) in [6.45, 7) is 4.46. The molecule has 1 nitrogen and oxygen atoms in total. The summed E-state index contributed by atoms with van der Waals surface area (Å²) in [6.07, 6.45) is 10.5. The minimum Gasteiger partial charge on any atom is -0.299 e. The summed E-state index contributed by atoms with van der Waals surface area (Å²) < 4.78 is 0. The third kappa shape index (κ3) is 4.69. The van der Waals surface area contributed by atoms with E-state index in [1.165, 1.54) is 49.7 Å². The lowest BCUT2D eigenvalue weighted by molar-refractivity contribution is -0.123. The van der Waals surface area contributed by atoms with Crippen molar-refractivity contribution in [1.82, 2.24) is 0 Å². The van der Waals surface area contributed by atoms with Gasteiger partial charge in [0.1, 0.15) is 5.78 Å². The number of carbonyl (C=O) groups excluding carboxylic acids is 1. The summed E-state index contributed by atoms with van der Waals surface area (Å²) in [4.78, 5) is 12.4. The van der Waals surface area contributed by atoms with E-state index >= 15 is 0 Å². The lowest BCUT2D eigenvalue weighted by Crippen LogP contribution is -2.23. The Kier molecular flexibility index (Phi) is 6.48. The van der Waals surface area contributed by atoms with Gasteiger partial charge in [0, 0.05) is 12.3 Å². The maximum Gasteiger partial charge on any atom is 0.140 e. The van der Waals surface area contributed by atoms with Gasteiger partial charge in [-0.3, -0.25) is 4.79 Å². The molecule has 0 amide bonds. The molecular formula is C20H30O. The van der Waals surface area contributed by atoms with Gasteiger partial charge in [0.05, 0.1) is 0 Å². The van der Waals surface area contributed by atoms with E-state index in [9.17, 15) is 4.79 Å². The van der Waals surface area contributed by atoms with Crippen LogP contribution in [0.15, 0.2) is 24.3 Å². The molecule has 21 heavy (non-hydrogen) atoms. The first-order chi connectivity index (χ1) is 10.2. The van der Waals surface area contributed by atoms with Crippen molar-refractivity contribution in [1.29, 1.82) is 0 Å². The monoisotopic (exact) mass is 286 g/mol. The largest absolute Gasteiger partial charge is 0.299 e. The Morgan fingerprint density at radius 3 is 2.33 bits per heavy atom. The Bertz CT molecular complexity index is 432. The van der Waals surface area contributed by atoms with Crippen molar-refractivity contribution in [3.8, 4) is 0 Å². The van der Waals surface area contributed by atoms with Crippen LogP contribution in [0, 0.1) is 5.92 Å². The number of ketones is 1. The summed E-state index contributed by atoms with van der Waals surface area (Å²) >= 11 is 0. The molecule has 0 saturated heterocycles. The number of hydrogen-bond acceptors (Lipinski definition) is 1. The first-order valence-electron chi connectivity index (χ1n) is 8.86. The summed E-state index contributed by atoms with van der Waals surface area (Å²) in [5.41, 5.74) is 2.65. The molecule has 1 heteroatoms. The fourth-order valence-electron chi connectivity index (χ4n) is 3.48. The number of carbonyl (C=O) groups is 1. The van der Waals surface area contributed by atoms with E-state index in [-0.39, 0.29) is 5.92 Å². The van der Waals surface area contributed by atoms with Crippen LogP contribution in [0.1, 0.15) is 82.3 Å². The Morgan fingerprint density at radius 2 is 1.71 bits per heavy atom. The molecule has 0 spiro atoms. The Labute approximate surface area is 130 Å². The Hall–Kier alpha value is -1.11. The van der Waals surface area contributed by atoms with Crippen LogP contribution in [0.3, 0.4) is 0 Å². The molecule has 0 heterocycles. The molecule has 1 aromatic rings. The van der Waals surface area contributed by atoms with Gasteiger partial charge < -0.3 is 0 Å². The van der Waals surface area contributed by atoms with Crippen LogP contribution in [-0.2, 0) is 11.2 Å². The second kappa shape index (κ2) is 8.36. The molecule has 0 aromatic heterocycles. The number of aryl methyl sites for hydroxylation is 1. The number of hydrogen-bond donors (Lipinski definition) is 0. The van der Waals surface area contributed by atoms with Crippen LogP contribution < -0.4 is 0 Å². The lowest BCUT2D eigenvalue weighted by Gasteiger charge is -2.27. The first-order valence-corrected chi connectivity index (χ1v) is 8.86. The number of Topliss-reactive ketones (excluding diaryl/α,β-unsaturated/α-hetero) is 1. The maximum atomic E-state index is 12.4. The van der Waals surface area contributed by atoms with Crippen molar-refractivity contribution in [3.63, 3.8) is 0 Å². The van der Waals surface area contributed by atoms with E-state index in [1.54, 1.807) is 0 Å². The molecule has 1 saturated carbocycles. The molecular weight excluding hydrogens is 256 g/mol. The second-order valence-corrected chi connectivity index (χ2v) is 6.65. The minimum absolute atomic E-state index is 0.170. The quantitative estimate of drug-likeness (QED) is 0.631. The zero-order valence-corrected chi connectivity index (χ0v) is 13.7. The van der Waals surface area contributed by atoms with Crippen molar-refractivity contribution in [3.05, 3.63) is 35.4 Å². The van der Waals surface area contributed by atoms with Crippen LogP contribution in [0.25, 0.3) is 0 Å². The van der Waals surface area contributed by atoms with Crippen molar-refractivity contribution in [2.24, 2.45) is 5.92 Å². The molecule has 1 aliphatic rings. The fourth-order valence-corrected chi connectivity index (χ4v) is 3.48. The van der Waals surface area contributed by atoms with Gasteiger partial charge in [0.2, 0.25) is 0 Å². The smallest absolute Gasteiger partial charge is 0.140 e. The molecule has 0 aliphatic heterocycles. The molecule has 1 fully saturated rings. The van der Waals surface area contributed by atoms with Gasteiger partial charge in [-0.25, -0.2) is 0 Å². The Morgan fingerprint density at radius 1 is 1.00 bits per heavy atom. The normalized spacial score (nSPS) is 22.5. The average Bonchev–Trinajstić information content (AvgIpc) is 2.52. The standard InChI is InChI=1S/C20H30O/c1-3-5-7-16-9-12-18(13-10-16)19-14-11-17(8-6-4-2)15-20(19)21/h9-10,12-13,17,19H,3-8,11,14-15H2,1-2H3/t17-,19+/m0/s1. The van der Waals surface area contributed by atoms with Crippen molar-refractivity contribution in [2.75, 3.05) is 0 Å². The maximum absolute atomic E-state index is 12.4. The predicted octanol–water partition coefficient (Wildman–Crippen LogP) is 5.67. The van der Waals surface area contributed by atoms with E-state index in [0.29, 0.717) is 11.7 Å². The van der Waals surface area contributed by atoms with Gasteiger partial charge in [-0.05, 0) is 42.7 Å². The van der Waals surface area contributed by atoms with E-state index in [2.05, 4.69) is 38.1 Å². The minimum atomic E-state index is 0.170. The van der Waals surface area contributed by atoms with E-state index < -0.39 is 0 Å². The van der Waals surface area contributed by atoms with Gasteiger partial charge in [-0.1, -0.05) is 63.8 Å². The number of unbranched alkanes of at least 4 members (excludes halogenated alkanes) is 2. The predicted molar refractivity (Wildman–Crippen MR) is 89.7 cm³/mol. The van der Waals surface area contributed by atoms with Gasteiger partial charge >= 0.3 is 0 Å². The highest BCUT2D eigenvalue weighted by molar-refractivity contribution is 5.86. The van der Waals surface area contributed by atoms with Gasteiger partial charge in [-0.2, -0.15) is 0 Å². The van der Waals surface area contributed by atoms with Gasteiger partial charge in [0.15, 0.2) is 0 Å². The molecule has 2 atom stereocenters. The highest BCUT2D eigenvalue weighted by Crippen LogP contribution is 2.35. The van der Waals surface area contributed by atoms with Crippen LogP contribution in [0.5, 0.6) is 0 Å². The van der Waals surface area contributed by atoms with Gasteiger partial charge in [-0.15, -0.1) is 0 Å². The molecule has 0 bridgehead atoms. The van der Waals surface area contributed by atoms with Crippen LogP contribution in [0.4, 0.5) is 0 Å². The molecule has 0 unspecified atom stereocenters. The average molecular weight is 286 g/mol. The summed E-state index contributed by atoms with van der Waals surface area (Å²) in [6, 6.07) is 8.84. The highest BCUT2D eigenvalue weighted by Gasteiger charge is 2.29. The zero-order chi connectivity index (χ0) is 15.1. The summed E-state index contributed by atoms with van der Waals surface area (Å²) in [7, 11) is 0. The Balaban J connectivity index is 1.91. The molecule has 116 valence electrons. The highest BCUT2D eigenvalue weighted by atomic mass is 16.1. The van der Waals surface area contributed by atoms with E-state index in [4.69, 9.17) is 0 Å². The fraction of sp³-hybridized carbons (Fsp3) is 0.650. The number of benzene rings is 1. The third-order valence-electron chi connectivity index (χ3n) is 4.91. The van der Waals surface area contributed by atoms with Crippen molar-refractivity contribution >= 4 is 5.78 Å². The third-order valence-corrected chi connectivity index (χ3v) is 4.91. The summed E-state index contributed by atoms with van der Waals surface area (Å²) in [5, 5.41) is 0. The number of rotatable bonds is 7.